The van der Waals surface area contributed by atoms with Crippen molar-refractivity contribution >= 4 is 56.5 Å². The smallest absolute Gasteiger partial charge is 0.363 e. The molecule has 2 N–H and O–H groups in total. The molecule has 0 saturated heterocycles. The van der Waals surface area contributed by atoms with Gasteiger partial charge in [-0.2, -0.15) is 18.3 Å². The number of anilines is 2. The summed E-state index contributed by atoms with van der Waals surface area (Å²) in [5.74, 6) is -0.628. The SMILES string of the molecule is O=C(Nc1c(Cl)cccc1Cl)c1cc2n(n1)[C@@H](C(F)(F)F)C[C@@H](c1ccc(Br)cc1)N2. The molecular weight excluding hydrogens is 520 g/mol. The predicted octanol–water partition coefficient (Wildman–Crippen LogP) is 6.87. The minimum Gasteiger partial charge on any atom is -0.363 e. The monoisotopic (exact) mass is 532 g/mol. The van der Waals surface area contributed by atoms with Crippen molar-refractivity contribution in [3.05, 3.63) is 74.3 Å². The van der Waals surface area contributed by atoms with Gasteiger partial charge in [0, 0.05) is 17.0 Å². The van der Waals surface area contributed by atoms with Crippen molar-refractivity contribution in [2.75, 3.05) is 10.6 Å². The van der Waals surface area contributed by atoms with Crippen LogP contribution in [0.15, 0.2) is 53.0 Å². The quantitative estimate of drug-likeness (QED) is 0.386. The molecule has 0 aliphatic carbocycles. The van der Waals surface area contributed by atoms with Gasteiger partial charge in [0.15, 0.2) is 11.7 Å². The number of carbonyl (C=O) groups excluding carboxylic acids is 1. The number of alkyl halides is 3. The highest BCUT2D eigenvalue weighted by atomic mass is 79.9. The molecule has 0 unspecified atom stereocenters. The molecule has 0 radical (unpaired) electrons. The third-order valence-corrected chi connectivity index (χ3v) is 6.05. The number of fused-ring (bicyclic) bond motifs is 1. The van der Waals surface area contributed by atoms with E-state index in [1.807, 2.05) is 0 Å². The summed E-state index contributed by atoms with van der Waals surface area (Å²) in [6.45, 7) is 0. The van der Waals surface area contributed by atoms with Gasteiger partial charge in [-0.1, -0.05) is 57.3 Å². The molecule has 3 aromatic rings. The van der Waals surface area contributed by atoms with Crippen LogP contribution in [0.5, 0.6) is 0 Å². The van der Waals surface area contributed by atoms with E-state index in [2.05, 4.69) is 31.7 Å². The van der Waals surface area contributed by atoms with E-state index in [-0.39, 0.29) is 33.7 Å². The van der Waals surface area contributed by atoms with Crippen molar-refractivity contribution in [1.82, 2.24) is 9.78 Å². The molecule has 0 fully saturated rings. The lowest BCUT2D eigenvalue weighted by Crippen LogP contribution is -2.35. The van der Waals surface area contributed by atoms with E-state index in [9.17, 15) is 18.0 Å². The van der Waals surface area contributed by atoms with Gasteiger partial charge in [-0.05, 0) is 29.8 Å². The molecule has 2 aromatic carbocycles. The number of amides is 1. The second-order valence-corrected chi connectivity index (χ2v) is 8.68. The maximum absolute atomic E-state index is 13.8. The molecule has 1 aromatic heterocycles. The largest absolute Gasteiger partial charge is 0.410 e. The topological polar surface area (TPSA) is 59.0 Å². The Bertz CT molecular complexity index is 1110. The highest BCUT2D eigenvalue weighted by Gasteiger charge is 2.46. The van der Waals surface area contributed by atoms with Crippen molar-refractivity contribution in [2.24, 2.45) is 0 Å². The fraction of sp³-hybridized carbons (Fsp3) is 0.200. The zero-order valence-corrected chi connectivity index (χ0v) is 18.6. The van der Waals surface area contributed by atoms with Gasteiger partial charge < -0.3 is 10.6 Å². The van der Waals surface area contributed by atoms with Crippen LogP contribution >= 0.6 is 39.1 Å². The summed E-state index contributed by atoms with van der Waals surface area (Å²) < 4.78 is 43.0. The Labute approximate surface area is 193 Å². The Morgan fingerprint density at radius 1 is 1.16 bits per heavy atom. The fourth-order valence-electron chi connectivity index (χ4n) is 3.39. The van der Waals surface area contributed by atoms with Crippen molar-refractivity contribution < 1.29 is 18.0 Å². The number of halogens is 6. The molecule has 2 heterocycles. The molecular formula is C20H14BrCl2F3N4O. The Morgan fingerprint density at radius 2 is 1.81 bits per heavy atom. The van der Waals surface area contributed by atoms with Crippen LogP contribution in [0.3, 0.4) is 0 Å². The molecule has 162 valence electrons. The molecule has 0 bridgehead atoms. The number of benzene rings is 2. The van der Waals surface area contributed by atoms with Gasteiger partial charge in [0.25, 0.3) is 5.91 Å². The minimum absolute atomic E-state index is 0.0944. The minimum atomic E-state index is -4.55. The lowest BCUT2D eigenvalue weighted by molar-refractivity contribution is -0.173. The summed E-state index contributed by atoms with van der Waals surface area (Å²) in [4.78, 5) is 12.7. The normalized spacial score (nSPS) is 18.3. The van der Waals surface area contributed by atoms with Crippen molar-refractivity contribution in [2.45, 2.75) is 24.7 Å². The Kier molecular flexibility index (Phi) is 5.93. The maximum atomic E-state index is 13.8. The third kappa shape index (κ3) is 4.53. The van der Waals surface area contributed by atoms with Crippen LogP contribution in [-0.2, 0) is 0 Å². The highest BCUT2D eigenvalue weighted by molar-refractivity contribution is 9.10. The van der Waals surface area contributed by atoms with E-state index < -0.39 is 24.2 Å². The fourth-order valence-corrected chi connectivity index (χ4v) is 4.15. The first kappa shape index (κ1) is 22.0. The lowest BCUT2D eigenvalue weighted by atomic mass is 9.97. The first-order valence-electron chi connectivity index (χ1n) is 9.07. The molecule has 1 aliphatic heterocycles. The van der Waals surface area contributed by atoms with E-state index in [1.165, 1.54) is 18.2 Å². The second kappa shape index (κ2) is 8.37. The first-order chi connectivity index (χ1) is 14.6. The number of carbonyl (C=O) groups is 1. The Balaban J connectivity index is 1.66. The highest BCUT2D eigenvalue weighted by Crippen LogP contribution is 2.44. The summed E-state index contributed by atoms with van der Waals surface area (Å²) in [5.41, 5.74) is 0.665. The van der Waals surface area contributed by atoms with E-state index in [1.54, 1.807) is 30.3 Å². The van der Waals surface area contributed by atoms with E-state index in [0.29, 0.717) is 5.56 Å². The molecule has 1 amide bonds. The summed E-state index contributed by atoms with van der Waals surface area (Å²) >= 11 is 15.4. The average molecular weight is 534 g/mol. The number of para-hydroxylation sites is 1. The Hall–Kier alpha value is -2.23. The number of hydrogen-bond acceptors (Lipinski definition) is 3. The van der Waals surface area contributed by atoms with Crippen LogP contribution in [-0.4, -0.2) is 21.9 Å². The van der Waals surface area contributed by atoms with Crippen molar-refractivity contribution in [1.29, 1.82) is 0 Å². The zero-order valence-electron chi connectivity index (χ0n) is 15.6. The summed E-state index contributed by atoms with van der Waals surface area (Å²) in [6.07, 6.45) is -4.81. The number of hydrogen-bond donors (Lipinski definition) is 2. The van der Waals surface area contributed by atoms with Gasteiger partial charge >= 0.3 is 6.18 Å². The summed E-state index contributed by atoms with van der Waals surface area (Å²) in [7, 11) is 0. The van der Waals surface area contributed by atoms with Gasteiger partial charge in [0.2, 0.25) is 0 Å². The maximum Gasteiger partial charge on any atom is 0.410 e. The van der Waals surface area contributed by atoms with Crippen LogP contribution in [0.1, 0.15) is 34.6 Å². The third-order valence-electron chi connectivity index (χ3n) is 4.90. The van der Waals surface area contributed by atoms with Gasteiger partial charge in [-0.15, -0.1) is 0 Å². The standard InChI is InChI=1S/C20H14BrCl2F3N4O/c21-11-6-4-10(5-7-11)14-8-16(20(24,25)26)30-17(27-14)9-15(29-30)19(31)28-18-12(22)2-1-3-13(18)23/h1-7,9,14,16,27H,8H2,(H,28,31)/t14-,16+/m0/s1. The molecule has 31 heavy (non-hydrogen) atoms. The van der Waals surface area contributed by atoms with Crippen LogP contribution in [0.25, 0.3) is 0 Å². The average Bonchev–Trinajstić information content (AvgIpc) is 3.14. The van der Waals surface area contributed by atoms with Gasteiger partial charge in [0.05, 0.1) is 21.8 Å². The Morgan fingerprint density at radius 3 is 2.42 bits per heavy atom. The van der Waals surface area contributed by atoms with Crippen molar-refractivity contribution in [3.63, 3.8) is 0 Å². The predicted molar refractivity (Wildman–Crippen MR) is 117 cm³/mol. The molecule has 11 heteroatoms. The molecule has 5 nitrogen and oxygen atoms in total. The number of aromatic nitrogens is 2. The van der Waals surface area contributed by atoms with E-state index >= 15 is 0 Å². The summed E-state index contributed by atoms with van der Waals surface area (Å²) in [6, 6.07) is 10.5. The lowest BCUT2D eigenvalue weighted by Gasteiger charge is -2.33. The number of nitrogens with one attached hydrogen (secondary N) is 2. The summed E-state index contributed by atoms with van der Waals surface area (Å²) in [5, 5.41) is 9.89. The van der Waals surface area contributed by atoms with Gasteiger partial charge in [-0.25, -0.2) is 4.68 Å². The van der Waals surface area contributed by atoms with Gasteiger partial charge in [0.1, 0.15) is 5.82 Å². The molecule has 0 spiro atoms. The molecule has 0 saturated carbocycles. The van der Waals surface area contributed by atoms with Crippen LogP contribution in [0.2, 0.25) is 10.0 Å². The first-order valence-corrected chi connectivity index (χ1v) is 10.6. The van der Waals surface area contributed by atoms with E-state index in [0.717, 1.165) is 9.15 Å². The number of nitrogens with zero attached hydrogens (tertiary/aromatic N) is 2. The van der Waals surface area contributed by atoms with Crippen LogP contribution in [0.4, 0.5) is 24.7 Å². The van der Waals surface area contributed by atoms with Crippen molar-refractivity contribution in [3.8, 4) is 0 Å². The van der Waals surface area contributed by atoms with Gasteiger partial charge in [-0.3, -0.25) is 4.79 Å². The van der Waals surface area contributed by atoms with Crippen LogP contribution in [0, 0.1) is 0 Å². The zero-order chi connectivity index (χ0) is 22.3. The molecule has 4 rings (SSSR count). The van der Waals surface area contributed by atoms with E-state index in [4.69, 9.17) is 23.2 Å². The molecule has 2 atom stereocenters. The molecule has 1 aliphatic rings. The van der Waals surface area contributed by atoms with Crippen LogP contribution < -0.4 is 10.6 Å². The second-order valence-electron chi connectivity index (χ2n) is 6.95. The number of rotatable bonds is 3.